The molecule has 0 atom stereocenters. The van der Waals surface area contributed by atoms with Gasteiger partial charge in [0.1, 0.15) is 10.0 Å². The minimum Gasteiger partial charge on any atom is -0.347 e. The molecule has 1 aromatic heterocycles. The summed E-state index contributed by atoms with van der Waals surface area (Å²) in [6.45, 7) is 0.115. The highest BCUT2D eigenvalue weighted by molar-refractivity contribution is 8.15. The van der Waals surface area contributed by atoms with Gasteiger partial charge in [-0.2, -0.15) is 0 Å². The fourth-order valence-corrected chi connectivity index (χ4v) is 3.84. The van der Waals surface area contributed by atoms with Crippen molar-refractivity contribution in [1.29, 1.82) is 0 Å². The van der Waals surface area contributed by atoms with Gasteiger partial charge in [0.05, 0.1) is 17.1 Å². The predicted octanol–water partition coefficient (Wildman–Crippen LogP) is 3.40. The van der Waals surface area contributed by atoms with Crippen LogP contribution in [0.1, 0.15) is 15.2 Å². The number of nitrogens with one attached hydrogen (secondary N) is 1. The summed E-state index contributed by atoms with van der Waals surface area (Å²) >= 11 is 6.73. The Morgan fingerprint density at radius 2 is 2.00 bits per heavy atom. The number of benzene rings is 1. The number of rotatable bonds is 4. The van der Waals surface area contributed by atoms with Crippen LogP contribution in [0.3, 0.4) is 0 Å². The molecule has 1 heterocycles. The third-order valence-corrected chi connectivity index (χ3v) is 5.97. The molecule has 112 valence electrons. The molecule has 0 saturated carbocycles. The predicted molar refractivity (Wildman–Crippen MR) is 79.9 cm³/mol. The summed E-state index contributed by atoms with van der Waals surface area (Å²) in [7, 11) is 1.44. The summed E-state index contributed by atoms with van der Waals surface area (Å²) in [5.41, 5.74) is 0.139. The van der Waals surface area contributed by atoms with E-state index in [2.05, 4.69) is 5.32 Å². The van der Waals surface area contributed by atoms with E-state index in [4.69, 9.17) is 22.3 Å². The summed E-state index contributed by atoms with van der Waals surface area (Å²) in [4.78, 5) is 12.5. The SMILES string of the molecule is O=C(NCc1ccc(S(=O)(=O)Cl)s1)c1ccc(F)cc1Cl. The lowest BCUT2D eigenvalue weighted by Crippen LogP contribution is -2.22. The maximum absolute atomic E-state index is 12.9. The molecule has 0 saturated heterocycles. The Bertz CT molecular complexity index is 790. The maximum atomic E-state index is 12.9. The van der Waals surface area contributed by atoms with E-state index in [0.29, 0.717) is 4.88 Å². The van der Waals surface area contributed by atoms with Crippen LogP contribution in [0.2, 0.25) is 5.02 Å². The molecule has 9 heteroatoms. The Morgan fingerprint density at radius 3 is 2.57 bits per heavy atom. The van der Waals surface area contributed by atoms with E-state index in [1.54, 1.807) is 6.07 Å². The van der Waals surface area contributed by atoms with E-state index in [1.165, 1.54) is 12.1 Å². The average Bonchev–Trinajstić information content (AvgIpc) is 2.84. The molecule has 2 aromatic rings. The number of thiophene rings is 1. The lowest BCUT2D eigenvalue weighted by atomic mass is 10.2. The van der Waals surface area contributed by atoms with Crippen LogP contribution < -0.4 is 5.32 Å². The Labute approximate surface area is 133 Å². The normalized spacial score (nSPS) is 11.4. The Kier molecular flexibility index (Phi) is 4.88. The Hall–Kier alpha value is -1.15. The smallest absolute Gasteiger partial charge is 0.270 e. The van der Waals surface area contributed by atoms with Crippen molar-refractivity contribution in [2.24, 2.45) is 0 Å². The highest BCUT2D eigenvalue weighted by atomic mass is 35.7. The van der Waals surface area contributed by atoms with Gasteiger partial charge in [-0.3, -0.25) is 4.79 Å². The van der Waals surface area contributed by atoms with Crippen LogP contribution >= 0.6 is 33.6 Å². The molecular formula is C12H8Cl2FNO3S2. The quantitative estimate of drug-likeness (QED) is 0.842. The molecule has 21 heavy (non-hydrogen) atoms. The van der Waals surface area contributed by atoms with Gasteiger partial charge in [-0.15, -0.1) is 11.3 Å². The molecule has 0 fully saturated rings. The summed E-state index contributed by atoms with van der Waals surface area (Å²) < 4.78 is 35.1. The van der Waals surface area contributed by atoms with Crippen molar-refractivity contribution in [3.05, 3.63) is 51.6 Å². The first-order valence-electron chi connectivity index (χ1n) is 5.54. The van der Waals surface area contributed by atoms with Gasteiger partial charge in [0, 0.05) is 15.6 Å². The minimum absolute atomic E-state index is 0.00250. The highest BCUT2D eigenvalue weighted by Gasteiger charge is 2.15. The summed E-state index contributed by atoms with van der Waals surface area (Å²) in [6, 6.07) is 6.35. The second-order valence-electron chi connectivity index (χ2n) is 3.97. The number of hydrogen-bond acceptors (Lipinski definition) is 4. The highest BCUT2D eigenvalue weighted by Crippen LogP contribution is 2.25. The Balaban J connectivity index is 2.06. The van der Waals surface area contributed by atoms with E-state index in [0.717, 1.165) is 23.5 Å². The zero-order valence-corrected chi connectivity index (χ0v) is 13.4. The van der Waals surface area contributed by atoms with Crippen LogP contribution in [0, 0.1) is 5.82 Å². The number of halogens is 3. The first kappa shape index (κ1) is 16.2. The van der Waals surface area contributed by atoms with Gasteiger partial charge in [-0.25, -0.2) is 12.8 Å². The topological polar surface area (TPSA) is 63.2 Å². The largest absolute Gasteiger partial charge is 0.347 e. The van der Waals surface area contributed by atoms with Crippen molar-refractivity contribution in [2.45, 2.75) is 10.8 Å². The van der Waals surface area contributed by atoms with Crippen molar-refractivity contribution in [3.63, 3.8) is 0 Å². The first-order chi connectivity index (χ1) is 9.77. The van der Waals surface area contributed by atoms with Gasteiger partial charge >= 0.3 is 0 Å². The fourth-order valence-electron chi connectivity index (χ4n) is 1.52. The summed E-state index contributed by atoms with van der Waals surface area (Å²) in [5, 5.41) is 2.57. The molecule has 1 amide bonds. The van der Waals surface area contributed by atoms with Crippen LogP contribution in [0.25, 0.3) is 0 Å². The first-order valence-corrected chi connectivity index (χ1v) is 9.04. The number of carbonyl (C=O) groups is 1. The molecule has 0 radical (unpaired) electrons. The van der Waals surface area contributed by atoms with Crippen LogP contribution in [-0.4, -0.2) is 14.3 Å². The molecule has 1 aromatic carbocycles. The van der Waals surface area contributed by atoms with Crippen LogP contribution in [-0.2, 0) is 15.6 Å². The van der Waals surface area contributed by atoms with Crippen LogP contribution in [0.15, 0.2) is 34.5 Å². The number of amides is 1. The zero-order chi connectivity index (χ0) is 15.6. The molecule has 2 rings (SSSR count). The van der Waals surface area contributed by atoms with Gasteiger partial charge in [0.15, 0.2) is 0 Å². The van der Waals surface area contributed by atoms with E-state index in [1.807, 2.05) is 0 Å². The third-order valence-electron chi connectivity index (χ3n) is 2.48. The van der Waals surface area contributed by atoms with Crippen LogP contribution in [0.4, 0.5) is 4.39 Å². The number of hydrogen-bond donors (Lipinski definition) is 1. The van der Waals surface area contributed by atoms with Crippen LogP contribution in [0.5, 0.6) is 0 Å². The van der Waals surface area contributed by atoms with E-state index < -0.39 is 20.8 Å². The van der Waals surface area contributed by atoms with Gasteiger partial charge in [0.2, 0.25) is 0 Å². The van der Waals surface area contributed by atoms with Gasteiger partial charge in [-0.1, -0.05) is 11.6 Å². The molecule has 0 aliphatic heterocycles. The third kappa shape index (κ3) is 4.16. The molecule has 0 aliphatic carbocycles. The Morgan fingerprint density at radius 1 is 1.29 bits per heavy atom. The number of carbonyl (C=O) groups excluding carboxylic acids is 1. The van der Waals surface area contributed by atoms with E-state index >= 15 is 0 Å². The molecular weight excluding hydrogens is 360 g/mol. The summed E-state index contributed by atoms with van der Waals surface area (Å²) in [6.07, 6.45) is 0. The second kappa shape index (κ2) is 6.31. The van der Waals surface area contributed by atoms with Crippen molar-refractivity contribution < 1.29 is 17.6 Å². The standard InChI is InChI=1S/C12H8Cl2FNO3S2/c13-10-5-7(15)1-3-9(10)12(17)16-6-8-2-4-11(20-8)21(14,18)19/h1-5H,6H2,(H,16,17). The van der Waals surface area contributed by atoms with Crippen molar-refractivity contribution in [3.8, 4) is 0 Å². The van der Waals surface area contributed by atoms with E-state index in [-0.39, 0.29) is 21.3 Å². The lowest BCUT2D eigenvalue weighted by Gasteiger charge is -2.05. The van der Waals surface area contributed by atoms with Crippen molar-refractivity contribution in [2.75, 3.05) is 0 Å². The van der Waals surface area contributed by atoms with Gasteiger partial charge in [-0.05, 0) is 30.3 Å². The maximum Gasteiger partial charge on any atom is 0.270 e. The lowest BCUT2D eigenvalue weighted by molar-refractivity contribution is 0.0951. The van der Waals surface area contributed by atoms with Crippen molar-refractivity contribution in [1.82, 2.24) is 5.32 Å². The molecule has 1 N–H and O–H groups in total. The van der Waals surface area contributed by atoms with Gasteiger partial charge < -0.3 is 5.32 Å². The zero-order valence-electron chi connectivity index (χ0n) is 10.3. The molecule has 0 unspecified atom stereocenters. The molecule has 0 bridgehead atoms. The average molecular weight is 368 g/mol. The molecule has 4 nitrogen and oxygen atoms in total. The minimum atomic E-state index is -3.77. The summed E-state index contributed by atoms with van der Waals surface area (Å²) in [5.74, 6) is -1.02. The fraction of sp³-hybridized carbons (Fsp3) is 0.0833. The monoisotopic (exact) mass is 367 g/mol. The van der Waals surface area contributed by atoms with E-state index in [9.17, 15) is 17.6 Å². The molecule has 0 aliphatic rings. The second-order valence-corrected chi connectivity index (χ2v) is 8.33. The molecule has 0 spiro atoms. The van der Waals surface area contributed by atoms with Gasteiger partial charge in [0.25, 0.3) is 15.0 Å². The van der Waals surface area contributed by atoms with Crippen molar-refractivity contribution >= 4 is 48.6 Å².